The second-order valence-electron chi connectivity index (χ2n) is 8.83. The fourth-order valence-electron chi connectivity index (χ4n) is 2.69. The van der Waals surface area contributed by atoms with Crippen molar-refractivity contribution in [1.29, 1.82) is 0 Å². The monoisotopic (exact) mass is 497 g/mol. The molecule has 0 saturated carbocycles. The molecule has 11 heteroatoms. The molecule has 0 aromatic heterocycles. The summed E-state index contributed by atoms with van der Waals surface area (Å²) in [6, 6.07) is 3.24. The van der Waals surface area contributed by atoms with E-state index in [0.717, 1.165) is 0 Å². The molecule has 1 aromatic carbocycles. The highest BCUT2D eigenvalue weighted by Gasteiger charge is 2.22. The fraction of sp³-hybridized carbons (Fsp3) is 0.583. The van der Waals surface area contributed by atoms with Gasteiger partial charge in [-0.25, -0.2) is 9.59 Å². The summed E-state index contributed by atoms with van der Waals surface area (Å²) in [7, 11) is 0. The van der Waals surface area contributed by atoms with Crippen molar-refractivity contribution in [2.45, 2.75) is 66.5 Å². The van der Waals surface area contributed by atoms with Crippen LogP contribution < -0.4 is 15.2 Å². The third-order valence-corrected chi connectivity index (χ3v) is 4.15. The van der Waals surface area contributed by atoms with Crippen molar-refractivity contribution in [3.63, 3.8) is 0 Å². The van der Waals surface area contributed by atoms with Crippen molar-refractivity contribution < 1.29 is 47.6 Å². The zero-order valence-corrected chi connectivity index (χ0v) is 21.1. The van der Waals surface area contributed by atoms with Crippen molar-refractivity contribution in [2.24, 2.45) is 11.1 Å². The molecule has 0 bridgehead atoms. The molecule has 0 saturated heterocycles. The molecular formula is C24H35NO10. The van der Waals surface area contributed by atoms with Crippen LogP contribution in [-0.4, -0.2) is 56.2 Å². The third-order valence-electron chi connectivity index (χ3n) is 4.15. The highest BCUT2D eigenvalue weighted by Crippen LogP contribution is 2.30. The summed E-state index contributed by atoms with van der Waals surface area (Å²) in [4.78, 5) is 47.6. The number of rotatable bonds is 11. The van der Waals surface area contributed by atoms with Gasteiger partial charge in [-0.05, 0) is 50.3 Å². The Balaban J connectivity index is 2.77. The molecule has 0 heterocycles. The Bertz CT molecular complexity index is 878. The molecule has 0 radical (unpaired) electrons. The molecule has 0 amide bonds. The molecule has 2 atom stereocenters. The molecule has 2 N–H and O–H groups in total. The number of esters is 2. The molecular weight excluding hydrogens is 462 g/mol. The molecule has 196 valence electrons. The summed E-state index contributed by atoms with van der Waals surface area (Å²) < 4.78 is 30.0. The highest BCUT2D eigenvalue weighted by molar-refractivity contribution is 5.76. The number of hydrogen-bond acceptors (Lipinski definition) is 11. The van der Waals surface area contributed by atoms with Gasteiger partial charge in [0.2, 0.25) is 0 Å². The largest absolute Gasteiger partial charge is 0.513 e. The maximum Gasteiger partial charge on any atom is 0.513 e. The van der Waals surface area contributed by atoms with Crippen LogP contribution in [0.4, 0.5) is 9.59 Å². The minimum absolute atomic E-state index is 0.0237. The number of ether oxygens (including phenoxy) is 6. The van der Waals surface area contributed by atoms with Gasteiger partial charge >= 0.3 is 24.2 Å². The molecule has 11 nitrogen and oxygen atoms in total. The van der Waals surface area contributed by atoms with Crippen LogP contribution in [0.25, 0.3) is 0 Å². The lowest BCUT2D eigenvalue weighted by Gasteiger charge is -2.20. The minimum atomic E-state index is -1.06. The van der Waals surface area contributed by atoms with Gasteiger partial charge in [0, 0.05) is 0 Å². The first-order valence-electron chi connectivity index (χ1n) is 11.3. The molecule has 1 aromatic rings. The van der Waals surface area contributed by atoms with Crippen molar-refractivity contribution in [3.05, 3.63) is 23.8 Å². The average Bonchev–Trinajstić information content (AvgIpc) is 2.72. The lowest BCUT2D eigenvalue weighted by Crippen LogP contribution is -2.36. The molecule has 0 aliphatic heterocycles. The van der Waals surface area contributed by atoms with Gasteiger partial charge < -0.3 is 34.2 Å². The second kappa shape index (κ2) is 14.1. The van der Waals surface area contributed by atoms with Gasteiger partial charge in [0.25, 0.3) is 0 Å². The van der Waals surface area contributed by atoms with Crippen molar-refractivity contribution >= 4 is 24.2 Å². The third kappa shape index (κ3) is 12.1. The van der Waals surface area contributed by atoms with Crippen LogP contribution >= 0.6 is 0 Å². The molecule has 0 unspecified atom stereocenters. The van der Waals surface area contributed by atoms with E-state index in [2.05, 4.69) is 0 Å². The smallest absolute Gasteiger partial charge is 0.461 e. The number of benzene rings is 1. The summed E-state index contributed by atoms with van der Waals surface area (Å²) in [5, 5.41) is 0. The van der Waals surface area contributed by atoms with Gasteiger partial charge in [0.1, 0.15) is 18.8 Å². The van der Waals surface area contributed by atoms with Crippen LogP contribution in [0.5, 0.6) is 11.5 Å². The van der Waals surface area contributed by atoms with Crippen LogP contribution in [-0.2, 0) is 35.0 Å². The van der Waals surface area contributed by atoms with Crippen LogP contribution in [0.1, 0.15) is 53.5 Å². The predicted molar refractivity (Wildman–Crippen MR) is 124 cm³/mol. The maximum absolute atomic E-state index is 12.3. The zero-order chi connectivity index (χ0) is 26.6. The fourth-order valence-corrected chi connectivity index (χ4v) is 2.69. The van der Waals surface area contributed by atoms with E-state index in [9.17, 15) is 19.2 Å². The topological polar surface area (TPSA) is 150 Å². The van der Waals surface area contributed by atoms with E-state index in [0.29, 0.717) is 5.56 Å². The van der Waals surface area contributed by atoms with Gasteiger partial charge in [-0.1, -0.05) is 26.8 Å². The van der Waals surface area contributed by atoms with Crippen LogP contribution in [0.3, 0.4) is 0 Å². The summed E-state index contributed by atoms with van der Waals surface area (Å²) in [5.74, 6) is -1.29. The van der Waals surface area contributed by atoms with Gasteiger partial charge in [0.05, 0.1) is 19.6 Å². The first-order valence-corrected chi connectivity index (χ1v) is 11.3. The van der Waals surface area contributed by atoms with Crippen molar-refractivity contribution in [1.82, 2.24) is 0 Å². The van der Waals surface area contributed by atoms with E-state index < -0.39 is 30.4 Å². The Morgan fingerprint density at radius 3 is 2.03 bits per heavy atom. The molecule has 0 spiro atoms. The van der Waals surface area contributed by atoms with Crippen molar-refractivity contribution in [2.75, 3.05) is 19.8 Å². The lowest BCUT2D eigenvalue weighted by atomic mass is 9.92. The van der Waals surface area contributed by atoms with Gasteiger partial charge in [-0.3, -0.25) is 9.59 Å². The second-order valence-corrected chi connectivity index (χ2v) is 8.83. The van der Waals surface area contributed by atoms with Crippen LogP contribution in [0.15, 0.2) is 18.2 Å². The summed E-state index contributed by atoms with van der Waals surface area (Å²) in [5.41, 5.74) is 6.23. The standard InChI is InChI=1S/C24H35NO10/c1-7-30-22(28)34-18-10-9-16(12-19(18)35-23(29)31-8-2)11-17(25)21(27)32-14-15(3)33-20(26)13-24(4,5)6/h9-10,12,15,17H,7-8,11,13-14,25H2,1-6H3/t15-,17-/m0/s1. The summed E-state index contributed by atoms with van der Waals surface area (Å²) in [6.07, 6.45) is -2.36. The predicted octanol–water partition coefficient (Wildman–Crippen LogP) is 3.54. The summed E-state index contributed by atoms with van der Waals surface area (Å²) in [6.45, 7) is 10.6. The Morgan fingerprint density at radius 2 is 1.49 bits per heavy atom. The molecule has 35 heavy (non-hydrogen) atoms. The molecule has 1 rings (SSSR count). The average molecular weight is 498 g/mol. The van der Waals surface area contributed by atoms with Crippen molar-refractivity contribution in [3.8, 4) is 11.5 Å². The minimum Gasteiger partial charge on any atom is -0.461 e. The maximum atomic E-state index is 12.3. The first kappa shape index (κ1) is 29.7. The number of carbonyl (C=O) groups excluding carboxylic acids is 4. The van der Waals surface area contributed by atoms with Gasteiger partial charge in [0.15, 0.2) is 11.5 Å². The van der Waals surface area contributed by atoms with E-state index >= 15 is 0 Å². The Labute approximate surface area is 205 Å². The number of nitrogens with two attached hydrogens (primary N) is 1. The Hall–Kier alpha value is -3.34. The lowest BCUT2D eigenvalue weighted by molar-refractivity contribution is -0.160. The van der Waals surface area contributed by atoms with E-state index in [-0.39, 0.29) is 55.5 Å². The molecule has 0 aliphatic rings. The highest BCUT2D eigenvalue weighted by atomic mass is 16.7. The number of carbonyl (C=O) groups is 4. The molecule has 0 aliphatic carbocycles. The Morgan fingerprint density at radius 1 is 0.914 bits per heavy atom. The normalized spacial score (nSPS) is 12.7. The van der Waals surface area contributed by atoms with Crippen LogP contribution in [0, 0.1) is 5.41 Å². The van der Waals surface area contributed by atoms with E-state index in [4.69, 9.17) is 34.2 Å². The first-order chi connectivity index (χ1) is 16.3. The van der Waals surface area contributed by atoms with Crippen LogP contribution in [0.2, 0.25) is 0 Å². The summed E-state index contributed by atoms with van der Waals surface area (Å²) >= 11 is 0. The molecule has 0 fully saturated rings. The quantitative estimate of drug-likeness (QED) is 0.272. The van der Waals surface area contributed by atoms with Gasteiger partial charge in [-0.15, -0.1) is 0 Å². The van der Waals surface area contributed by atoms with E-state index in [1.54, 1.807) is 20.8 Å². The van der Waals surface area contributed by atoms with E-state index in [1.807, 2.05) is 20.8 Å². The van der Waals surface area contributed by atoms with E-state index in [1.165, 1.54) is 18.2 Å². The van der Waals surface area contributed by atoms with Gasteiger partial charge in [-0.2, -0.15) is 0 Å². The zero-order valence-electron chi connectivity index (χ0n) is 21.1. The Kier molecular flexibility index (Phi) is 12.0. The SMILES string of the molecule is CCOC(=O)Oc1ccc(C[C@H](N)C(=O)OC[C@H](C)OC(=O)CC(C)(C)C)cc1OC(=O)OCC. The number of hydrogen-bond donors (Lipinski definition) is 1.